The molecule has 3 atom stereocenters. The van der Waals surface area contributed by atoms with Crippen LogP contribution < -0.4 is 39.8 Å². The first-order chi connectivity index (χ1) is 11.1. The fraction of sp³-hybridized carbons (Fsp3) is 0.667. The molecular formula is C18H27NNaO3P. The molecule has 1 aliphatic heterocycles. The van der Waals surface area contributed by atoms with E-state index >= 15 is 0 Å². The Morgan fingerprint density at radius 3 is 2.46 bits per heavy atom. The van der Waals surface area contributed by atoms with Crippen LogP contribution in [0.4, 0.5) is 0 Å². The predicted octanol–water partition coefficient (Wildman–Crippen LogP) is -0.0612. The molecule has 1 aliphatic carbocycles. The zero-order chi connectivity index (χ0) is 16.1. The van der Waals surface area contributed by atoms with Crippen molar-refractivity contribution in [2.24, 2.45) is 5.92 Å². The molecule has 1 aromatic carbocycles. The van der Waals surface area contributed by atoms with E-state index in [1.54, 1.807) is 0 Å². The molecule has 1 unspecified atom stereocenters. The van der Waals surface area contributed by atoms with Gasteiger partial charge in [0.05, 0.1) is 18.8 Å². The topological polar surface area (TPSA) is 61.4 Å². The summed E-state index contributed by atoms with van der Waals surface area (Å²) in [7, 11) is -3.34. The van der Waals surface area contributed by atoms with Gasteiger partial charge in [-0.3, -0.25) is 0 Å². The second kappa shape index (κ2) is 9.87. The zero-order valence-electron chi connectivity index (χ0n) is 14.7. The maximum atomic E-state index is 12.4. The van der Waals surface area contributed by atoms with Gasteiger partial charge in [-0.15, -0.1) is 0 Å². The van der Waals surface area contributed by atoms with Crippen molar-refractivity contribution in [3.63, 3.8) is 0 Å². The Morgan fingerprint density at radius 1 is 1.12 bits per heavy atom. The maximum Gasteiger partial charge on any atom is 1.00 e. The Balaban J connectivity index is 0.00000208. The minimum atomic E-state index is -3.34. The molecule has 0 radical (unpaired) electrons. The fourth-order valence-corrected chi connectivity index (χ4v) is 5.94. The van der Waals surface area contributed by atoms with Gasteiger partial charge < -0.3 is 19.5 Å². The van der Waals surface area contributed by atoms with Crippen molar-refractivity contribution in [2.45, 2.75) is 44.2 Å². The van der Waals surface area contributed by atoms with Crippen molar-refractivity contribution in [1.82, 2.24) is 5.32 Å². The SMILES string of the molecule is O=P([O-])(CC1CCCCC1)C[C@@H]1CN[C@@H](c2ccccc2)CO1.[Na+]. The molecule has 0 aromatic heterocycles. The Bertz CT molecular complexity index is 528. The number of hydrogen-bond acceptors (Lipinski definition) is 4. The average Bonchev–Trinajstić information content (AvgIpc) is 2.56. The molecule has 24 heavy (non-hydrogen) atoms. The summed E-state index contributed by atoms with van der Waals surface area (Å²) in [5.74, 6) is 0.376. The van der Waals surface area contributed by atoms with Gasteiger partial charge in [0.1, 0.15) is 0 Å². The first-order valence-corrected chi connectivity index (χ1v) is 10.8. The summed E-state index contributed by atoms with van der Waals surface area (Å²) in [6.45, 7) is 1.15. The molecule has 0 amide bonds. The monoisotopic (exact) mass is 359 g/mol. The van der Waals surface area contributed by atoms with Gasteiger partial charge >= 0.3 is 29.6 Å². The first-order valence-electron chi connectivity index (χ1n) is 8.81. The molecule has 2 aliphatic rings. The minimum absolute atomic E-state index is 0. The fourth-order valence-electron chi connectivity index (χ4n) is 3.79. The molecule has 1 saturated carbocycles. The van der Waals surface area contributed by atoms with Crippen LogP contribution in [0.15, 0.2) is 30.3 Å². The van der Waals surface area contributed by atoms with Crippen molar-refractivity contribution in [1.29, 1.82) is 0 Å². The maximum absolute atomic E-state index is 12.4. The van der Waals surface area contributed by atoms with E-state index < -0.39 is 7.37 Å². The molecule has 1 saturated heterocycles. The normalized spacial score (nSPS) is 27.9. The standard InChI is InChI=1S/C18H28NO3P.Na/c20-23(21,13-15-7-3-1-4-8-15)14-17-11-19-18(12-22-17)16-9-5-2-6-10-16;/h2,5-6,9-10,15,17-19H,1,3-4,7-8,11-14H2,(H,20,21);/q;+1/p-1/t17-,18+;/m0./s1. The number of morpholine rings is 1. The van der Waals surface area contributed by atoms with E-state index in [-0.39, 0.29) is 47.9 Å². The second-order valence-electron chi connectivity index (χ2n) is 7.01. The van der Waals surface area contributed by atoms with E-state index in [0.717, 1.165) is 12.8 Å². The van der Waals surface area contributed by atoms with E-state index in [1.807, 2.05) is 18.2 Å². The summed E-state index contributed by atoms with van der Waals surface area (Å²) >= 11 is 0. The average molecular weight is 359 g/mol. The molecule has 3 rings (SSSR count). The van der Waals surface area contributed by atoms with Gasteiger partial charge in [-0.1, -0.05) is 62.4 Å². The van der Waals surface area contributed by atoms with Crippen molar-refractivity contribution in [3.8, 4) is 0 Å². The number of nitrogens with one attached hydrogen (secondary N) is 1. The van der Waals surface area contributed by atoms with Crippen LogP contribution in [-0.4, -0.2) is 31.6 Å². The van der Waals surface area contributed by atoms with E-state index in [0.29, 0.717) is 25.2 Å². The summed E-state index contributed by atoms with van der Waals surface area (Å²) in [5, 5.41) is 3.43. The van der Waals surface area contributed by atoms with Crippen molar-refractivity contribution < 1.29 is 43.8 Å². The third-order valence-electron chi connectivity index (χ3n) is 5.04. The van der Waals surface area contributed by atoms with Gasteiger partial charge in [-0.25, -0.2) is 0 Å². The van der Waals surface area contributed by atoms with Crippen LogP contribution >= 0.6 is 7.37 Å². The predicted molar refractivity (Wildman–Crippen MR) is 90.8 cm³/mol. The number of benzene rings is 1. The number of hydrogen-bond donors (Lipinski definition) is 1. The van der Waals surface area contributed by atoms with Crippen LogP contribution in [0.25, 0.3) is 0 Å². The molecule has 2 fully saturated rings. The molecule has 6 heteroatoms. The number of rotatable bonds is 5. The molecule has 0 bridgehead atoms. The van der Waals surface area contributed by atoms with Crippen LogP contribution in [0.2, 0.25) is 0 Å². The quantitative estimate of drug-likeness (QED) is 0.591. The molecule has 1 heterocycles. The van der Waals surface area contributed by atoms with Crippen LogP contribution in [0, 0.1) is 5.92 Å². The summed E-state index contributed by atoms with van der Waals surface area (Å²) in [6, 6.07) is 10.3. The third kappa shape index (κ3) is 6.25. The van der Waals surface area contributed by atoms with Crippen molar-refractivity contribution in [2.75, 3.05) is 25.5 Å². The largest absolute Gasteiger partial charge is 1.00 e. The molecule has 128 valence electrons. The van der Waals surface area contributed by atoms with Gasteiger partial charge in [0.25, 0.3) is 0 Å². The Labute approximate surface area is 167 Å². The first kappa shape index (κ1) is 20.6. The van der Waals surface area contributed by atoms with Crippen LogP contribution in [0.3, 0.4) is 0 Å². The Hall–Kier alpha value is 0.330. The van der Waals surface area contributed by atoms with Crippen molar-refractivity contribution in [3.05, 3.63) is 35.9 Å². The van der Waals surface area contributed by atoms with Gasteiger partial charge in [-0.2, -0.15) is 0 Å². The summed E-state index contributed by atoms with van der Waals surface area (Å²) in [6.07, 6.45) is 6.12. The second-order valence-corrected chi connectivity index (χ2v) is 9.37. The van der Waals surface area contributed by atoms with Crippen LogP contribution in [0.5, 0.6) is 0 Å². The van der Waals surface area contributed by atoms with Gasteiger partial charge in [0.15, 0.2) is 0 Å². The molecule has 1 aromatic rings. The minimum Gasteiger partial charge on any atom is -0.799 e. The van der Waals surface area contributed by atoms with Gasteiger partial charge in [0.2, 0.25) is 0 Å². The van der Waals surface area contributed by atoms with Crippen LogP contribution in [-0.2, 0) is 9.30 Å². The Morgan fingerprint density at radius 2 is 1.83 bits per heavy atom. The van der Waals surface area contributed by atoms with E-state index in [4.69, 9.17) is 4.74 Å². The van der Waals surface area contributed by atoms with Gasteiger partial charge in [0, 0.05) is 20.1 Å². The summed E-state index contributed by atoms with van der Waals surface area (Å²) in [4.78, 5) is 12.4. The molecule has 4 nitrogen and oxygen atoms in total. The zero-order valence-corrected chi connectivity index (χ0v) is 17.5. The van der Waals surface area contributed by atoms with E-state index in [9.17, 15) is 9.46 Å². The van der Waals surface area contributed by atoms with Gasteiger partial charge in [-0.05, 0) is 17.6 Å². The molecule has 0 spiro atoms. The number of ether oxygens (including phenoxy) is 1. The van der Waals surface area contributed by atoms with E-state index in [2.05, 4.69) is 17.4 Å². The third-order valence-corrected chi connectivity index (χ3v) is 7.07. The smallest absolute Gasteiger partial charge is 0.799 e. The molecular weight excluding hydrogens is 332 g/mol. The molecule has 1 N–H and O–H groups in total. The van der Waals surface area contributed by atoms with Crippen LogP contribution in [0.1, 0.15) is 43.7 Å². The van der Waals surface area contributed by atoms with Crippen molar-refractivity contribution >= 4 is 7.37 Å². The summed E-state index contributed by atoms with van der Waals surface area (Å²) < 4.78 is 18.3. The van der Waals surface area contributed by atoms with E-state index in [1.165, 1.54) is 24.8 Å². The summed E-state index contributed by atoms with van der Waals surface area (Å²) in [5.41, 5.74) is 1.19. The Kier molecular flexibility index (Phi) is 8.49.